The zero-order chi connectivity index (χ0) is 13.8. The molecule has 0 aliphatic heterocycles. The number of para-hydroxylation sites is 1. The summed E-state index contributed by atoms with van der Waals surface area (Å²) in [5.41, 5.74) is 0.846. The van der Waals surface area contributed by atoms with E-state index in [-0.39, 0.29) is 5.69 Å². The van der Waals surface area contributed by atoms with Crippen molar-refractivity contribution in [1.29, 1.82) is 0 Å². The number of hydrogen-bond donors (Lipinski definition) is 1. The standard InChI is InChI=1S/C14H20N2O3/c1-10(8-15-12-6-7-12)9-19-14-11(2)4-3-5-13(14)16(17)18/h3-5,10,12,15H,6-9H2,1-2H3. The maximum Gasteiger partial charge on any atom is 0.311 e. The van der Waals surface area contributed by atoms with E-state index in [1.807, 2.05) is 13.0 Å². The molecule has 1 atom stereocenters. The molecule has 0 bridgehead atoms. The van der Waals surface area contributed by atoms with E-state index in [9.17, 15) is 10.1 Å². The van der Waals surface area contributed by atoms with Gasteiger partial charge in [0, 0.05) is 24.6 Å². The zero-order valence-corrected chi connectivity index (χ0v) is 11.4. The number of rotatable bonds is 7. The molecule has 1 aliphatic carbocycles. The Labute approximate surface area is 113 Å². The van der Waals surface area contributed by atoms with Gasteiger partial charge in [0.2, 0.25) is 0 Å². The predicted octanol–water partition coefficient (Wildman–Crippen LogP) is 2.67. The van der Waals surface area contributed by atoms with Gasteiger partial charge in [-0.05, 0) is 25.3 Å². The number of ether oxygens (including phenoxy) is 1. The van der Waals surface area contributed by atoms with Gasteiger partial charge < -0.3 is 10.1 Å². The second-order valence-corrected chi connectivity index (χ2v) is 5.28. The molecule has 104 valence electrons. The van der Waals surface area contributed by atoms with Crippen LogP contribution in [-0.4, -0.2) is 24.1 Å². The van der Waals surface area contributed by atoms with Crippen LogP contribution in [0.2, 0.25) is 0 Å². The summed E-state index contributed by atoms with van der Waals surface area (Å²) >= 11 is 0. The van der Waals surface area contributed by atoms with Gasteiger partial charge in [-0.3, -0.25) is 10.1 Å². The molecule has 0 saturated heterocycles. The molecule has 2 rings (SSSR count). The van der Waals surface area contributed by atoms with E-state index in [1.54, 1.807) is 6.07 Å². The number of nitrogens with zero attached hydrogens (tertiary/aromatic N) is 1. The molecular formula is C14H20N2O3. The first-order chi connectivity index (χ1) is 9.08. The summed E-state index contributed by atoms with van der Waals surface area (Å²) < 4.78 is 5.66. The fourth-order valence-corrected chi connectivity index (χ4v) is 1.91. The molecular weight excluding hydrogens is 244 g/mol. The van der Waals surface area contributed by atoms with E-state index in [2.05, 4.69) is 12.2 Å². The Balaban J connectivity index is 1.92. The second-order valence-electron chi connectivity index (χ2n) is 5.28. The lowest BCUT2D eigenvalue weighted by molar-refractivity contribution is -0.386. The van der Waals surface area contributed by atoms with E-state index in [1.165, 1.54) is 18.9 Å². The zero-order valence-electron chi connectivity index (χ0n) is 11.4. The highest BCUT2D eigenvalue weighted by Gasteiger charge is 2.22. The van der Waals surface area contributed by atoms with Crippen molar-refractivity contribution in [2.24, 2.45) is 5.92 Å². The Hall–Kier alpha value is -1.62. The van der Waals surface area contributed by atoms with Gasteiger partial charge in [0.05, 0.1) is 11.5 Å². The first-order valence-electron chi connectivity index (χ1n) is 6.68. The van der Waals surface area contributed by atoms with Gasteiger partial charge in [0.1, 0.15) is 0 Å². The van der Waals surface area contributed by atoms with Crippen LogP contribution in [0.1, 0.15) is 25.3 Å². The van der Waals surface area contributed by atoms with E-state index in [0.717, 1.165) is 12.1 Å². The van der Waals surface area contributed by atoms with E-state index in [0.29, 0.717) is 24.3 Å². The van der Waals surface area contributed by atoms with Crippen LogP contribution in [-0.2, 0) is 0 Å². The van der Waals surface area contributed by atoms with E-state index < -0.39 is 4.92 Å². The molecule has 0 radical (unpaired) electrons. The Kier molecular flexibility index (Phi) is 4.37. The summed E-state index contributed by atoms with van der Waals surface area (Å²) in [5.74, 6) is 0.727. The average Bonchev–Trinajstić information content (AvgIpc) is 3.18. The molecule has 1 fully saturated rings. The molecule has 1 saturated carbocycles. The van der Waals surface area contributed by atoms with Gasteiger partial charge in [-0.15, -0.1) is 0 Å². The van der Waals surface area contributed by atoms with E-state index >= 15 is 0 Å². The number of hydrogen-bond acceptors (Lipinski definition) is 4. The molecule has 1 aromatic rings. The summed E-state index contributed by atoms with van der Waals surface area (Å²) in [4.78, 5) is 10.6. The van der Waals surface area contributed by atoms with Gasteiger partial charge in [-0.25, -0.2) is 0 Å². The minimum Gasteiger partial charge on any atom is -0.486 e. The third kappa shape index (κ3) is 3.92. The molecule has 1 aliphatic rings. The SMILES string of the molecule is Cc1cccc([N+](=O)[O-])c1OCC(C)CNC1CC1. The van der Waals surface area contributed by atoms with Crippen molar-refractivity contribution in [2.45, 2.75) is 32.7 Å². The van der Waals surface area contributed by atoms with Crippen molar-refractivity contribution in [2.75, 3.05) is 13.2 Å². The summed E-state index contributed by atoms with van der Waals surface area (Å²) in [7, 11) is 0. The average molecular weight is 264 g/mol. The largest absolute Gasteiger partial charge is 0.486 e. The molecule has 0 spiro atoms. The fraction of sp³-hybridized carbons (Fsp3) is 0.571. The molecule has 0 aromatic heterocycles. The topological polar surface area (TPSA) is 64.4 Å². The highest BCUT2D eigenvalue weighted by atomic mass is 16.6. The Bertz CT molecular complexity index is 458. The third-order valence-corrected chi connectivity index (χ3v) is 3.23. The normalized spacial score (nSPS) is 16.1. The quantitative estimate of drug-likeness (QED) is 0.607. The molecule has 19 heavy (non-hydrogen) atoms. The van der Waals surface area contributed by atoms with Crippen molar-refractivity contribution in [3.63, 3.8) is 0 Å². The maximum absolute atomic E-state index is 11.0. The Morgan fingerprint density at radius 1 is 1.53 bits per heavy atom. The summed E-state index contributed by atoms with van der Waals surface area (Å²) in [6.45, 7) is 5.30. The van der Waals surface area contributed by atoms with Crippen LogP contribution in [0.4, 0.5) is 5.69 Å². The number of aryl methyl sites for hydroxylation is 1. The molecule has 0 heterocycles. The summed E-state index contributed by atoms with van der Waals surface area (Å²) in [6, 6.07) is 5.67. The first kappa shape index (κ1) is 13.8. The lowest BCUT2D eigenvalue weighted by Crippen LogP contribution is -2.26. The van der Waals surface area contributed by atoms with Gasteiger partial charge in [-0.1, -0.05) is 19.1 Å². The fourth-order valence-electron chi connectivity index (χ4n) is 1.91. The van der Waals surface area contributed by atoms with Crippen LogP contribution >= 0.6 is 0 Å². The highest BCUT2D eigenvalue weighted by molar-refractivity contribution is 5.51. The van der Waals surface area contributed by atoms with Crippen LogP contribution in [0.3, 0.4) is 0 Å². The first-order valence-corrected chi connectivity index (χ1v) is 6.68. The molecule has 1 N–H and O–H groups in total. The number of nitrogens with one attached hydrogen (secondary N) is 1. The number of nitro groups is 1. The van der Waals surface area contributed by atoms with Crippen molar-refractivity contribution in [1.82, 2.24) is 5.32 Å². The Morgan fingerprint density at radius 3 is 2.89 bits per heavy atom. The molecule has 0 amide bonds. The smallest absolute Gasteiger partial charge is 0.311 e. The van der Waals surface area contributed by atoms with E-state index in [4.69, 9.17) is 4.74 Å². The van der Waals surface area contributed by atoms with Crippen molar-refractivity contribution in [3.05, 3.63) is 33.9 Å². The summed E-state index contributed by atoms with van der Waals surface area (Å²) in [6.07, 6.45) is 2.52. The van der Waals surface area contributed by atoms with Gasteiger partial charge in [0.15, 0.2) is 5.75 Å². The van der Waals surface area contributed by atoms with Crippen molar-refractivity contribution < 1.29 is 9.66 Å². The predicted molar refractivity (Wildman–Crippen MR) is 73.5 cm³/mol. The van der Waals surface area contributed by atoms with Crippen molar-refractivity contribution >= 4 is 5.69 Å². The molecule has 1 unspecified atom stereocenters. The Morgan fingerprint density at radius 2 is 2.26 bits per heavy atom. The third-order valence-electron chi connectivity index (χ3n) is 3.23. The minimum absolute atomic E-state index is 0.0438. The molecule has 5 nitrogen and oxygen atoms in total. The van der Waals surface area contributed by atoms with Crippen LogP contribution in [0.25, 0.3) is 0 Å². The van der Waals surface area contributed by atoms with Crippen LogP contribution in [0, 0.1) is 23.0 Å². The van der Waals surface area contributed by atoms with Crippen LogP contribution < -0.4 is 10.1 Å². The monoisotopic (exact) mass is 264 g/mol. The number of benzene rings is 1. The molecule has 5 heteroatoms. The van der Waals surface area contributed by atoms with Crippen molar-refractivity contribution in [3.8, 4) is 5.75 Å². The van der Waals surface area contributed by atoms with Crippen LogP contribution in [0.15, 0.2) is 18.2 Å². The van der Waals surface area contributed by atoms with Gasteiger partial charge >= 0.3 is 5.69 Å². The lowest BCUT2D eigenvalue weighted by atomic mass is 10.1. The van der Waals surface area contributed by atoms with Gasteiger partial charge in [0.25, 0.3) is 0 Å². The van der Waals surface area contributed by atoms with Crippen LogP contribution in [0.5, 0.6) is 5.75 Å². The highest BCUT2D eigenvalue weighted by Crippen LogP contribution is 2.30. The minimum atomic E-state index is -0.393. The molecule has 1 aromatic carbocycles. The maximum atomic E-state index is 11.0. The summed E-state index contributed by atoms with van der Waals surface area (Å²) in [5, 5.41) is 14.4. The van der Waals surface area contributed by atoms with Gasteiger partial charge in [-0.2, -0.15) is 0 Å². The second kappa shape index (κ2) is 6.02. The number of nitro benzene ring substituents is 1. The lowest BCUT2D eigenvalue weighted by Gasteiger charge is -2.15.